The van der Waals surface area contributed by atoms with Gasteiger partial charge in [-0.1, -0.05) is 62.6 Å². The van der Waals surface area contributed by atoms with E-state index in [2.05, 4.69) is 25.1 Å². The number of Topliss-reactive ketones (excluding diaryl/α,β-unsaturated/α-hetero) is 1. The maximum Gasteiger partial charge on any atom is 0.305 e. The van der Waals surface area contributed by atoms with Crippen LogP contribution in [0.3, 0.4) is 0 Å². The Balaban J connectivity index is 2.03. The van der Waals surface area contributed by atoms with E-state index in [1.165, 1.54) is 18.2 Å². The van der Waals surface area contributed by atoms with Gasteiger partial charge >= 0.3 is 5.97 Å². The number of hydrogen-bond donors (Lipinski definition) is 1. The molecule has 0 aromatic heterocycles. The molecular weight excluding hydrogens is 376 g/mol. The first-order chi connectivity index (χ1) is 14.5. The van der Waals surface area contributed by atoms with Crippen LogP contribution in [0.15, 0.2) is 36.4 Å². The summed E-state index contributed by atoms with van der Waals surface area (Å²) in [6.07, 6.45) is 13.0. The maximum absolute atomic E-state index is 12.8. The van der Waals surface area contributed by atoms with Gasteiger partial charge in [0.2, 0.25) is 0 Å². The molecule has 30 heavy (non-hydrogen) atoms. The molecule has 1 N–H and O–H groups in total. The van der Waals surface area contributed by atoms with E-state index in [9.17, 15) is 14.7 Å². The highest BCUT2D eigenvalue weighted by atomic mass is 16.5. The number of aliphatic hydroxyl groups is 1. The first-order valence-electron chi connectivity index (χ1n) is 11.6. The number of ketones is 1. The van der Waals surface area contributed by atoms with Crippen LogP contribution in [0.1, 0.15) is 75.8 Å². The quantitative estimate of drug-likeness (QED) is 0.290. The van der Waals surface area contributed by atoms with Crippen molar-refractivity contribution in [2.45, 2.75) is 83.7 Å². The normalized spacial score (nSPS) is 20.4. The van der Waals surface area contributed by atoms with E-state index in [1.54, 1.807) is 0 Å². The number of carbonyl (C=O) groups is 2. The molecule has 3 atom stereocenters. The van der Waals surface area contributed by atoms with Crippen molar-refractivity contribution in [1.29, 1.82) is 0 Å². The third kappa shape index (κ3) is 8.06. The molecule has 1 aromatic rings. The second-order valence-electron chi connectivity index (χ2n) is 8.48. The van der Waals surface area contributed by atoms with E-state index in [0.717, 1.165) is 57.8 Å². The monoisotopic (exact) mass is 414 g/mol. The van der Waals surface area contributed by atoms with Gasteiger partial charge in [-0.3, -0.25) is 9.59 Å². The van der Waals surface area contributed by atoms with Gasteiger partial charge in [0.05, 0.1) is 13.2 Å². The summed E-state index contributed by atoms with van der Waals surface area (Å²) in [7, 11) is 1.42. The van der Waals surface area contributed by atoms with Crippen LogP contribution in [-0.2, 0) is 27.2 Å². The summed E-state index contributed by atoms with van der Waals surface area (Å²) in [6.45, 7) is 2.16. The van der Waals surface area contributed by atoms with Crippen LogP contribution in [0.2, 0.25) is 0 Å². The number of ether oxygens (including phenoxy) is 1. The lowest BCUT2D eigenvalue weighted by Gasteiger charge is -2.29. The fourth-order valence-corrected chi connectivity index (χ4v) is 4.37. The third-order valence-electron chi connectivity index (χ3n) is 6.19. The summed E-state index contributed by atoms with van der Waals surface area (Å²) in [5, 5.41) is 10.2. The van der Waals surface area contributed by atoms with E-state index < -0.39 is 6.10 Å². The Kier molecular flexibility index (Phi) is 10.9. The molecule has 0 bridgehead atoms. The molecule has 1 saturated carbocycles. The summed E-state index contributed by atoms with van der Waals surface area (Å²) in [5.41, 5.74) is 2.41. The zero-order valence-corrected chi connectivity index (χ0v) is 18.6. The first-order valence-corrected chi connectivity index (χ1v) is 11.6. The van der Waals surface area contributed by atoms with Gasteiger partial charge in [-0.2, -0.15) is 0 Å². The topological polar surface area (TPSA) is 63.6 Å². The van der Waals surface area contributed by atoms with Crippen molar-refractivity contribution in [3.63, 3.8) is 0 Å². The number of benzene rings is 1. The Bertz CT molecular complexity index is 694. The first kappa shape index (κ1) is 24.3. The standard InChI is InChI=1S/C26H38O4/c1-3-4-5-14-23(27)18-17-21-13-8-15-25(28)24(21)19-22-11-7-6-10-20(22)12-9-16-26(29)30-2/h6-7,10-11,17-18,21,23-24,27H,3-5,8-9,12-16,19H2,1-2H3/t21-,23+,24-/m1/s1. The van der Waals surface area contributed by atoms with Crippen molar-refractivity contribution in [3.05, 3.63) is 47.5 Å². The molecule has 1 aliphatic carbocycles. The molecule has 2 rings (SSSR count). The van der Waals surface area contributed by atoms with Gasteiger partial charge in [-0.25, -0.2) is 0 Å². The molecule has 0 radical (unpaired) electrons. The minimum absolute atomic E-state index is 0.0281. The fraction of sp³-hybridized carbons (Fsp3) is 0.615. The molecule has 4 nitrogen and oxygen atoms in total. The molecule has 0 amide bonds. The Morgan fingerprint density at radius 3 is 2.73 bits per heavy atom. The van der Waals surface area contributed by atoms with E-state index >= 15 is 0 Å². The summed E-state index contributed by atoms with van der Waals surface area (Å²) in [4.78, 5) is 24.2. The lowest BCUT2D eigenvalue weighted by molar-refractivity contribution is -0.140. The van der Waals surface area contributed by atoms with Gasteiger partial charge in [0.25, 0.3) is 0 Å². The number of aliphatic hydroxyl groups excluding tert-OH is 1. The lowest BCUT2D eigenvalue weighted by atomic mass is 9.74. The van der Waals surface area contributed by atoms with Crippen LogP contribution in [0.4, 0.5) is 0 Å². The van der Waals surface area contributed by atoms with Crippen molar-refractivity contribution < 1.29 is 19.4 Å². The van der Waals surface area contributed by atoms with Crippen molar-refractivity contribution >= 4 is 11.8 Å². The Morgan fingerprint density at radius 2 is 2.00 bits per heavy atom. The molecule has 1 aliphatic rings. The number of aryl methyl sites for hydroxylation is 1. The van der Waals surface area contributed by atoms with E-state index in [1.807, 2.05) is 18.2 Å². The minimum Gasteiger partial charge on any atom is -0.469 e. The zero-order chi connectivity index (χ0) is 21.8. The van der Waals surface area contributed by atoms with Crippen molar-refractivity contribution in [1.82, 2.24) is 0 Å². The maximum atomic E-state index is 12.8. The van der Waals surface area contributed by atoms with Gasteiger partial charge in [-0.15, -0.1) is 0 Å². The summed E-state index contributed by atoms with van der Waals surface area (Å²) in [5.74, 6) is 0.313. The van der Waals surface area contributed by atoms with Crippen LogP contribution in [0.25, 0.3) is 0 Å². The number of esters is 1. The predicted octanol–water partition coefficient (Wildman–Crippen LogP) is 5.21. The second kappa shape index (κ2) is 13.4. The van der Waals surface area contributed by atoms with Gasteiger partial charge < -0.3 is 9.84 Å². The highest BCUT2D eigenvalue weighted by molar-refractivity contribution is 5.82. The van der Waals surface area contributed by atoms with Crippen LogP contribution in [0, 0.1) is 11.8 Å². The minimum atomic E-state index is -0.417. The Morgan fingerprint density at radius 1 is 1.23 bits per heavy atom. The van der Waals surface area contributed by atoms with Gasteiger partial charge in [-0.05, 0) is 55.6 Å². The zero-order valence-electron chi connectivity index (χ0n) is 18.6. The van der Waals surface area contributed by atoms with Gasteiger partial charge in [0.1, 0.15) is 5.78 Å². The number of rotatable bonds is 12. The second-order valence-corrected chi connectivity index (χ2v) is 8.48. The Hall–Kier alpha value is -1.94. The molecule has 4 heteroatoms. The average molecular weight is 415 g/mol. The predicted molar refractivity (Wildman–Crippen MR) is 120 cm³/mol. The smallest absolute Gasteiger partial charge is 0.305 e. The summed E-state index contributed by atoms with van der Waals surface area (Å²) >= 11 is 0. The van der Waals surface area contributed by atoms with Crippen LogP contribution in [0.5, 0.6) is 0 Å². The average Bonchev–Trinajstić information content (AvgIpc) is 2.75. The molecule has 0 spiro atoms. The van der Waals surface area contributed by atoms with Crippen molar-refractivity contribution in [2.75, 3.05) is 7.11 Å². The number of allylic oxidation sites excluding steroid dienone is 1. The molecule has 0 heterocycles. The summed E-state index contributed by atoms with van der Waals surface area (Å²) < 4.78 is 4.73. The summed E-state index contributed by atoms with van der Waals surface area (Å²) in [6, 6.07) is 8.25. The van der Waals surface area contributed by atoms with E-state index in [-0.39, 0.29) is 17.8 Å². The van der Waals surface area contributed by atoms with Crippen molar-refractivity contribution in [2.24, 2.45) is 11.8 Å². The fourth-order valence-electron chi connectivity index (χ4n) is 4.37. The highest BCUT2D eigenvalue weighted by Gasteiger charge is 2.30. The molecule has 166 valence electrons. The van der Waals surface area contributed by atoms with Gasteiger partial charge in [0, 0.05) is 18.8 Å². The Labute approximate surface area is 181 Å². The molecular formula is C26H38O4. The highest BCUT2D eigenvalue weighted by Crippen LogP contribution is 2.32. The van der Waals surface area contributed by atoms with Gasteiger partial charge in [0.15, 0.2) is 0 Å². The number of methoxy groups -OCH3 is 1. The largest absolute Gasteiger partial charge is 0.469 e. The van der Waals surface area contributed by atoms with Crippen LogP contribution in [-0.4, -0.2) is 30.1 Å². The third-order valence-corrected chi connectivity index (χ3v) is 6.19. The van der Waals surface area contributed by atoms with Crippen LogP contribution >= 0.6 is 0 Å². The van der Waals surface area contributed by atoms with Crippen LogP contribution < -0.4 is 0 Å². The van der Waals surface area contributed by atoms with E-state index in [0.29, 0.717) is 18.6 Å². The molecule has 1 fully saturated rings. The lowest BCUT2D eigenvalue weighted by Crippen LogP contribution is -2.29. The molecule has 1 aromatic carbocycles. The van der Waals surface area contributed by atoms with E-state index in [4.69, 9.17) is 4.74 Å². The number of unbranched alkanes of at least 4 members (excludes halogenated alkanes) is 2. The van der Waals surface area contributed by atoms with Crippen molar-refractivity contribution in [3.8, 4) is 0 Å². The number of hydrogen-bond acceptors (Lipinski definition) is 4. The molecule has 0 aliphatic heterocycles. The molecule has 0 saturated heterocycles. The molecule has 0 unspecified atom stereocenters. The SMILES string of the molecule is CCCCC[C@H](O)C=C[C@H]1CCCC(=O)[C@@H]1Cc1ccccc1CCCC(=O)OC. The number of carbonyl (C=O) groups excluding carboxylic acids is 2.